The molecule has 2 atom stereocenters. The Morgan fingerprint density at radius 2 is 2.00 bits per heavy atom. The highest BCUT2D eigenvalue weighted by Crippen LogP contribution is 2.32. The summed E-state index contributed by atoms with van der Waals surface area (Å²) in [5.74, 6) is 0. The third-order valence-corrected chi connectivity index (χ3v) is 3.13. The molecule has 1 saturated heterocycles. The van der Waals surface area contributed by atoms with Gasteiger partial charge in [-0.3, -0.25) is 0 Å². The smallest absolute Gasteiger partial charge is 0.115 e. The fourth-order valence-electron chi connectivity index (χ4n) is 1.67. The Bertz CT molecular complexity index is 325. The molecule has 1 aromatic rings. The Hall–Kier alpha value is -0.860. The molecule has 0 spiro atoms. The van der Waals surface area contributed by atoms with Gasteiger partial charge in [0.25, 0.3) is 0 Å². The zero-order valence-electron chi connectivity index (χ0n) is 9.36. The van der Waals surface area contributed by atoms with Crippen molar-refractivity contribution >= 4 is 0 Å². The van der Waals surface area contributed by atoms with E-state index in [1.54, 1.807) is 0 Å². The van der Waals surface area contributed by atoms with E-state index in [9.17, 15) is 5.11 Å². The van der Waals surface area contributed by atoms with Gasteiger partial charge in [0.15, 0.2) is 0 Å². The summed E-state index contributed by atoms with van der Waals surface area (Å²) in [6.07, 6.45) is 1.36. The molecule has 1 fully saturated rings. The van der Waals surface area contributed by atoms with E-state index in [0.717, 1.165) is 12.8 Å². The average Bonchev–Trinajstić information content (AvgIpc) is 2.97. The predicted molar refractivity (Wildman–Crippen MR) is 59.9 cm³/mol. The van der Waals surface area contributed by atoms with Crippen LogP contribution in [-0.4, -0.2) is 23.4 Å². The third-order valence-electron chi connectivity index (χ3n) is 3.13. The molecule has 1 heterocycles. The molecule has 2 nitrogen and oxygen atoms in total. The van der Waals surface area contributed by atoms with Crippen molar-refractivity contribution in [3.05, 3.63) is 35.4 Å². The van der Waals surface area contributed by atoms with Gasteiger partial charge in [-0.25, -0.2) is 0 Å². The Morgan fingerprint density at radius 1 is 1.40 bits per heavy atom. The first kappa shape index (κ1) is 10.7. The first-order valence-corrected chi connectivity index (χ1v) is 5.48. The molecule has 1 aliphatic heterocycles. The molecule has 2 heteroatoms. The molecule has 0 amide bonds. The van der Waals surface area contributed by atoms with Crippen LogP contribution in [0.4, 0.5) is 0 Å². The van der Waals surface area contributed by atoms with Crippen LogP contribution in [0.5, 0.6) is 0 Å². The minimum atomic E-state index is -0.334. The van der Waals surface area contributed by atoms with Crippen LogP contribution >= 0.6 is 0 Å². The lowest BCUT2D eigenvalue weighted by Gasteiger charge is -2.14. The van der Waals surface area contributed by atoms with E-state index < -0.39 is 0 Å². The molecule has 0 radical (unpaired) electrons. The van der Waals surface area contributed by atoms with Gasteiger partial charge in [0.05, 0.1) is 12.7 Å². The molecule has 0 saturated carbocycles. The van der Waals surface area contributed by atoms with Crippen LogP contribution in [0.2, 0.25) is 0 Å². The SMILES string of the molecule is Cc1ccc(CC[C@@H](O)[C@]2(C)CO2)cc1. The summed E-state index contributed by atoms with van der Waals surface area (Å²) >= 11 is 0. The largest absolute Gasteiger partial charge is 0.390 e. The lowest BCUT2D eigenvalue weighted by atomic mass is 9.98. The van der Waals surface area contributed by atoms with Crippen molar-refractivity contribution in [1.29, 1.82) is 0 Å². The first-order chi connectivity index (χ1) is 7.10. The van der Waals surface area contributed by atoms with Crippen LogP contribution in [0.15, 0.2) is 24.3 Å². The maximum Gasteiger partial charge on any atom is 0.115 e. The van der Waals surface area contributed by atoms with E-state index in [4.69, 9.17) is 4.74 Å². The molecule has 2 rings (SSSR count). The maximum absolute atomic E-state index is 9.84. The Balaban J connectivity index is 1.85. The lowest BCUT2D eigenvalue weighted by molar-refractivity contribution is 0.0778. The topological polar surface area (TPSA) is 32.8 Å². The van der Waals surface area contributed by atoms with Gasteiger partial charge >= 0.3 is 0 Å². The summed E-state index contributed by atoms with van der Waals surface area (Å²) in [5, 5.41) is 9.84. The van der Waals surface area contributed by atoms with Crippen LogP contribution in [0.3, 0.4) is 0 Å². The predicted octanol–water partition coefficient (Wildman–Crippen LogP) is 2.08. The highest BCUT2D eigenvalue weighted by molar-refractivity contribution is 5.21. The number of aliphatic hydroxyl groups is 1. The second kappa shape index (κ2) is 3.95. The highest BCUT2D eigenvalue weighted by atomic mass is 16.6. The van der Waals surface area contributed by atoms with Crippen LogP contribution in [0.25, 0.3) is 0 Å². The van der Waals surface area contributed by atoms with E-state index >= 15 is 0 Å². The molecule has 0 unspecified atom stereocenters. The van der Waals surface area contributed by atoms with Gasteiger partial charge < -0.3 is 9.84 Å². The van der Waals surface area contributed by atoms with Crippen molar-refractivity contribution in [3.63, 3.8) is 0 Å². The van der Waals surface area contributed by atoms with Crippen molar-refractivity contribution in [1.82, 2.24) is 0 Å². The van der Waals surface area contributed by atoms with Crippen molar-refractivity contribution in [3.8, 4) is 0 Å². The second-order valence-corrected chi connectivity index (χ2v) is 4.64. The molecule has 82 valence electrons. The first-order valence-electron chi connectivity index (χ1n) is 5.48. The Kier molecular flexibility index (Phi) is 2.81. The quantitative estimate of drug-likeness (QED) is 0.765. The number of benzene rings is 1. The van der Waals surface area contributed by atoms with Gasteiger partial charge in [-0.15, -0.1) is 0 Å². The Labute approximate surface area is 90.9 Å². The van der Waals surface area contributed by atoms with Crippen molar-refractivity contribution in [2.75, 3.05) is 6.61 Å². The monoisotopic (exact) mass is 206 g/mol. The lowest BCUT2D eigenvalue weighted by Crippen LogP contribution is -2.26. The zero-order chi connectivity index (χ0) is 10.9. The van der Waals surface area contributed by atoms with E-state index in [-0.39, 0.29) is 11.7 Å². The molecule has 0 aromatic heterocycles. The van der Waals surface area contributed by atoms with Crippen molar-refractivity contribution < 1.29 is 9.84 Å². The number of hydrogen-bond donors (Lipinski definition) is 1. The van der Waals surface area contributed by atoms with Gasteiger partial charge in [0, 0.05) is 0 Å². The molecule has 0 bridgehead atoms. The summed E-state index contributed by atoms with van der Waals surface area (Å²) in [5.41, 5.74) is 2.30. The minimum absolute atomic E-state index is 0.259. The normalized spacial score (nSPS) is 26.3. The maximum atomic E-state index is 9.84. The fraction of sp³-hybridized carbons (Fsp3) is 0.538. The molecule has 1 N–H and O–H groups in total. The van der Waals surface area contributed by atoms with Crippen LogP contribution < -0.4 is 0 Å². The van der Waals surface area contributed by atoms with E-state index in [2.05, 4.69) is 31.2 Å². The number of rotatable bonds is 4. The molecule has 0 aliphatic carbocycles. The summed E-state index contributed by atoms with van der Waals surface area (Å²) in [4.78, 5) is 0. The molecule has 1 aromatic carbocycles. The van der Waals surface area contributed by atoms with Crippen molar-refractivity contribution in [2.24, 2.45) is 0 Å². The number of aliphatic hydroxyl groups excluding tert-OH is 1. The number of aryl methyl sites for hydroxylation is 2. The molecule has 1 aliphatic rings. The standard InChI is InChI=1S/C13H18O2/c1-10-3-5-11(6-4-10)7-8-12(14)13(2)9-15-13/h3-6,12,14H,7-9H2,1-2H3/t12-,13+/m1/s1. The average molecular weight is 206 g/mol. The summed E-state index contributed by atoms with van der Waals surface area (Å²) in [6.45, 7) is 4.74. The summed E-state index contributed by atoms with van der Waals surface area (Å²) in [7, 11) is 0. The van der Waals surface area contributed by atoms with Crippen LogP contribution in [0.1, 0.15) is 24.5 Å². The van der Waals surface area contributed by atoms with E-state index in [1.807, 2.05) is 6.92 Å². The van der Waals surface area contributed by atoms with Crippen LogP contribution in [0, 0.1) is 6.92 Å². The van der Waals surface area contributed by atoms with E-state index in [0.29, 0.717) is 6.61 Å². The summed E-state index contributed by atoms with van der Waals surface area (Å²) in [6, 6.07) is 8.46. The van der Waals surface area contributed by atoms with Gasteiger partial charge in [0.1, 0.15) is 5.60 Å². The number of epoxide rings is 1. The minimum Gasteiger partial charge on any atom is -0.390 e. The van der Waals surface area contributed by atoms with Crippen molar-refractivity contribution in [2.45, 2.75) is 38.4 Å². The highest BCUT2D eigenvalue weighted by Gasteiger charge is 2.45. The van der Waals surface area contributed by atoms with Crippen LogP contribution in [-0.2, 0) is 11.2 Å². The fourth-order valence-corrected chi connectivity index (χ4v) is 1.67. The number of hydrogen-bond acceptors (Lipinski definition) is 2. The van der Waals surface area contributed by atoms with Gasteiger partial charge in [-0.05, 0) is 32.3 Å². The van der Waals surface area contributed by atoms with Gasteiger partial charge in [-0.1, -0.05) is 29.8 Å². The van der Waals surface area contributed by atoms with Gasteiger partial charge in [-0.2, -0.15) is 0 Å². The summed E-state index contributed by atoms with van der Waals surface area (Å²) < 4.78 is 5.22. The molecule has 15 heavy (non-hydrogen) atoms. The van der Waals surface area contributed by atoms with E-state index in [1.165, 1.54) is 11.1 Å². The Morgan fingerprint density at radius 3 is 2.53 bits per heavy atom. The molecular weight excluding hydrogens is 188 g/mol. The molecular formula is C13H18O2. The second-order valence-electron chi connectivity index (χ2n) is 4.64. The zero-order valence-corrected chi connectivity index (χ0v) is 9.36. The van der Waals surface area contributed by atoms with Gasteiger partial charge in [0.2, 0.25) is 0 Å². The third kappa shape index (κ3) is 2.58. The number of ether oxygens (including phenoxy) is 1.